The van der Waals surface area contributed by atoms with E-state index < -0.39 is 0 Å². The Morgan fingerprint density at radius 3 is 2.92 bits per heavy atom. The van der Waals surface area contributed by atoms with Gasteiger partial charge in [0.1, 0.15) is 10.1 Å². The van der Waals surface area contributed by atoms with Crippen molar-refractivity contribution in [2.24, 2.45) is 0 Å². The van der Waals surface area contributed by atoms with Crippen molar-refractivity contribution in [3.8, 4) is 5.75 Å². The number of rotatable bonds is 1. The van der Waals surface area contributed by atoms with E-state index in [4.69, 9.17) is 17.3 Å². The zero-order valence-electron chi connectivity index (χ0n) is 6.57. The van der Waals surface area contributed by atoms with Crippen molar-refractivity contribution in [2.45, 2.75) is 0 Å². The quantitative estimate of drug-likeness (QED) is 0.680. The first-order valence-corrected chi connectivity index (χ1v) is 4.99. The minimum absolute atomic E-state index is 0.240. The third-order valence-electron chi connectivity index (χ3n) is 1.28. The van der Waals surface area contributed by atoms with Crippen LogP contribution in [0.1, 0.15) is 0 Å². The number of hydrogen-bond acceptors (Lipinski definition) is 3. The van der Waals surface area contributed by atoms with Gasteiger partial charge in [-0.05, 0) is 18.4 Å². The van der Waals surface area contributed by atoms with Crippen LogP contribution in [0.5, 0.6) is 5.75 Å². The lowest BCUT2D eigenvalue weighted by atomic mass is 10.3. The fraction of sp³-hybridized carbons (Fsp3) is 0.125. The molecule has 2 nitrogen and oxygen atoms in total. The number of phenolic OH excluding ortho intramolecular Hbond substituents is 1. The Bertz CT molecular complexity index is 288. The Hall–Kier alpha value is -0.740. The van der Waals surface area contributed by atoms with E-state index in [1.54, 1.807) is 18.2 Å². The molecular weight excluding hydrogens is 190 g/mol. The lowest BCUT2D eigenvalue weighted by Gasteiger charge is -2.04. The molecule has 0 aromatic heterocycles. The first kappa shape index (κ1) is 9.35. The summed E-state index contributed by atoms with van der Waals surface area (Å²) in [7, 11) is 0. The monoisotopic (exact) mass is 199 g/mol. The molecule has 0 aliphatic heterocycles. The second-order valence-corrected chi connectivity index (χ2v) is 3.65. The lowest BCUT2D eigenvalue weighted by molar-refractivity contribution is 0.475. The molecule has 0 unspecified atom stereocenters. The minimum atomic E-state index is 0.240. The molecule has 1 rings (SSSR count). The molecule has 0 heterocycles. The zero-order valence-corrected chi connectivity index (χ0v) is 8.21. The summed E-state index contributed by atoms with van der Waals surface area (Å²) in [5.74, 6) is 0.240. The van der Waals surface area contributed by atoms with Crippen molar-refractivity contribution in [3.63, 3.8) is 0 Å². The highest BCUT2D eigenvalue weighted by Crippen LogP contribution is 2.16. The lowest BCUT2D eigenvalue weighted by Crippen LogP contribution is -2.02. The number of anilines is 1. The van der Waals surface area contributed by atoms with Gasteiger partial charge in [-0.1, -0.05) is 18.3 Å². The molecule has 0 spiro atoms. The highest BCUT2D eigenvalue weighted by molar-refractivity contribution is 8.22. The van der Waals surface area contributed by atoms with Gasteiger partial charge in [0.25, 0.3) is 0 Å². The highest BCUT2D eigenvalue weighted by Gasteiger charge is 1.95. The largest absolute Gasteiger partial charge is 0.508 e. The van der Waals surface area contributed by atoms with Gasteiger partial charge in [-0.25, -0.2) is 0 Å². The molecule has 0 saturated carbocycles. The van der Waals surface area contributed by atoms with Crippen LogP contribution in [-0.4, -0.2) is 15.7 Å². The first-order valence-electron chi connectivity index (χ1n) is 3.36. The van der Waals surface area contributed by atoms with E-state index in [-0.39, 0.29) is 5.75 Å². The molecule has 0 fully saturated rings. The van der Waals surface area contributed by atoms with Gasteiger partial charge in [-0.15, -0.1) is 11.8 Å². The third kappa shape index (κ3) is 2.71. The van der Waals surface area contributed by atoms with Crippen LogP contribution in [0.4, 0.5) is 5.69 Å². The number of benzene rings is 1. The van der Waals surface area contributed by atoms with Crippen LogP contribution in [0.25, 0.3) is 0 Å². The summed E-state index contributed by atoms with van der Waals surface area (Å²) in [6.45, 7) is 0. The number of phenols is 1. The topological polar surface area (TPSA) is 32.3 Å². The summed E-state index contributed by atoms with van der Waals surface area (Å²) in [5, 5.41) is 12.1. The van der Waals surface area contributed by atoms with E-state index >= 15 is 0 Å². The van der Waals surface area contributed by atoms with Gasteiger partial charge < -0.3 is 10.4 Å². The maximum Gasteiger partial charge on any atom is 0.137 e. The summed E-state index contributed by atoms with van der Waals surface area (Å²) in [6, 6.07) is 6.86. The van der Waals surface area contributed by atoms with Gasteiger partial charge in [0.05, 0.1) is 0 Å². The van der Waals surface area contributed by atoms with Crippen LogP contribution < -0.4 is 5.32 Å². The van der Waals surface area contributed by atoms with Crippen molar-refractivity contribution < 1.29 is 5.11 Å². The maximum absolute atomic E-state index is 9.11. The highest BCUT2D eigenvalue weighted by atomic mass is 32.2. The van der Waals surface area contributed by atoms with Crippen molar-refractivity contribution in [3.05, 3.63) is 24.3 Å². The molecule has 12 heavy (non-hydrogen) atoms. The van der Waals surface area contributed by atoms with E-state index in [1.165, 1.54) is 11.8 Å². The Morgan fingerprint density at radius 2 is 2.33 bits per heavy atom. The van der Waals surface area contributed by atoms with E-state index in [9.17, 15) is 0 Å². The van der Waals surface area contributed by atoms with Crippen molar-refractivity contribution in [1.29, 1.82) is 0 Å². The standard InChI is InChI=1S/C8H9NOS2/c1-12-8(11)9-6-3-2-4-7(10)5-6/h2-5,10H,1H3,(H,9,11). The molecule has 0 bridgehead atoms. The summed E-state index contributed by atoms with van der Waals surface area (Å²) >= 11 is 6.41. The van der Waals surface area contributed by atoms with Crippen LogP contribution in [-0.2, 0) is 0 Å². The maximum atomic E-state index is 9.11. The smallest absolute Gasteiger partial charge is 0.137 e. The van der Waals surface area contributed by atoms with Crippen molar-refractivity contribution in [2.75, 3.05) is 11.6 Å². The summed E-state index contributed by atoms with van der Waals surface area (Å²) in [5.41, 5.74) is 0.814. The van der Waals surface area contributed by atoms with Crippen LogP contribution >= 0.6 is 24.0 Å². The molecule has 4 heteroatoms. The average molecular weight is 199 g/mol. The Kier molecular flexibility index (Phi) is 3.37. The normalized spacial score (nSPS) is 9.42. The number of thiocarbonyl (C=S) groups is 1. The average Bonchev–Trinajstić information content (AvgIpc) is 2.04. The molecule has 0 amide bonds. The van der Waals surface area contributed by atoms with Gasteiger partial charge in [-0.2, -0.15) is 0 Å². The molecule has 0 aliphatic carbocycles. The van der Waals surface area contributed by atoms with Crippen LogP contribution in [0.2, 0.25) is 0 Å². The van der Waals surface area contributed by atoms with Crippen LogP contribution in [0.15, 0.2) is 24.3 Å². The molecule has 0 aliphatic rings. The Labute approximate surface area is 81.0 Å². The molecule has 2 N–H and O–H groups in total. The van der Waals surface area contributed by atoms with Gasteiger partial charge in [0, 0.05) is 11.8 Å². The Morgan fingerprint density at radius 1 is 1.58 bits per heavy atom. The first-order chi connectivity index (χ1) is 5.72. The van der Waals surface area contributed by atoms with Crippen molar-refractivity contribution in [1.82, 2.24) is 0 Å². The summed E-state index contributed by atoms with van der Waals surface area (Å²) < 4.78 is 0.695. The SMILES string of the molecule is CSC(=S)Nc1cccc(O)c1. The van der Waals surface area contributed by atoms with E-state index in [0.717, 1.165) is 5.69 Å². The molecule has 1 aromatic carbocycles. The molecule has 0 atom stereocenters. The minimum Gasteiger partial charge on any atom is -0.508 e. The van der Waals surface area contributed by atoms with Gasteiger partial charge in [-0.3, -0.25) is 0 Å². The fourth-order valence-electron chi connectivity index (χ4n) is 0.753. The molecule has 0 saturated heterocycles. The van der Waals surface area contributed by atoms with Gasteiger partial charge in [0.2, 0.25) is 0 Å². The van der Waals surface area contributed by atoms with Crippen LogP contribution in [0, 0.1) is 0 Å². The third-order valence-corrected chi connectivity index (χ3v) is 2.35. The number of nitrogens with one attached hydrogen (secondary N) is 1. The number of thioether (sulfide) groups is 1. The number of aromatic hydroxyl groups is 1. The van der Waals surface area contributed by atoms with Gasteiger partial charge in [0.15, 0.2) is 0 Å². The second-order valence-electron chi connectivity index (χ2n) is 2.17. The Balaban J connectivity index is 2.69. The van der Waals surface area contributed by atoms with Gasteiger partial charge >= 0.3 is 0 Å². The number of hydrogen-bond donors (Lipinski definition) is 2. The summed E-state index contributed by atoms with van der Waals surface area (Å²) in [6.07, 6.45) is 1.90. The van der Waals surface area contributed by atoms with Crippen LogP contribution in [0.3, 0.4) is 0 Å². The van der Waals surface area contributed by atoms with E-state index in [0.29, 0.717) is 4.32 Å². The van der Waals surface area contributed by atoms with Crippen molar-refractivity contribution >= 4 is 34.0 Å². The fourth-order valence-corrected chi connectivity index (χ4v) is 1.09. The summed E-state index contributed by atoms with van der Waals surface area (Å²) in [4.78, 5) is 0. The predicted octanol–water partition coefficient (Wildman–Crippen LogP) is 2.45. The molecule has 64 valence electrons. The molecular formula is C8H9NOS2. The predicted molar refractivity (Wildman–Crippen MR) is 57.8 cm³/mol. The zero-order chi connectivity index (χ0) is 8.97. The second kappa shape index (κ2) is 4.33. The van der Waals surface area contributed by atoms with E-state index in [1.807, 2.05) is 12.3 Å². The molecule has 0 radical (unpaired) electrons. The van der Waals surface area contributed by atoms with E-state index in [2.05, 4.69) is 5.32 Å². The molecule has 1 aromatic rings.